The number of anilines is 1. The van der Waals surface area contributed by atoms with Gasteiger partial charge in [0, 0.05) is 30.4 Å². The van der Waals surface area contributed by atoms with E-state index < -0.39 is 0 Å². The summed E-state index contributed by atoms with van der Waals surface area (Å²) in [6, 6.07) is 9.80. The maximum atomic E-state index is 11.3. The number of nitrogens with zero attached hydrogens (tertiary/aromatic N) is 3. The lowest BCUT2D eigenvalue weighted by Crippen LogP contribution is -2.22. The Hall–Kier alpha value is -2.43. The van der Waals surface area contributed by atoms with Crippen LogP contribution in [-0.4, -0.2) is 29.0 Å². The highest BCUT2D eigenvalue weighted by molar-refractivity contribution is 5.92. The second-order valence-electron chi connectivity index (χ2n) is 6.88. The molecule has 2 aromatic rings. The van der Waals surface area contributed by atoms with E-state index in [0.717, 1.165) is 56.1 Å². The fourth-order valence-corrected chi connectivity index (χ4v) is 3.55. The van der Waals surface area contributed by atoms with Gasteiger partial charge in [-0.3, -0.25) is 4.79 Å². The van der Waals surface area contributed by atoms with Gasteiger partial charge in [-0.25, -0.2) is 9.97 Å². The zero-order chi connectivity index (χ0) is 17.8. The van der Waals surface area contributed by atoms with Crippen LogP contribution in [0.4, 0.5) is 5.82 Å². The summed E-state index contributed by atoms with van der Waals surface area (Å²) >= 11 is 0. The molecule has 1 amide bonds. The fourth-order valence-electron chi connectivity index (χ4n) is 3.55. The van der Waals surface area contributed by atoms with Gasteiger partial charge in [0.05, 0.1) is 0 Å². The van der Waals surface area contributed by atoms with E-state index in [1.54, 1.807) is 6.07 Å². The van der Waals surface area contributed by atoms with Crippen molar-refractivity contribution in [1.82, 2.24) is 9.97 Å². The number of carbonyl (C=O) groups is 1. The van der Waals surface area contributed by atoms with Crippen molar-refractivity contribution in [3.05, 3.63) is 53.0 Å². The third-order valence-electron chi connectivity index (χ3n) is 4.73. The Kier molecular flexibility index (Phi) is 5.31. The number of benzene rings is 1. The molecule has 1 atom stereocenters. The van der Waals surface area contributed by atoms with Crippen LogP contribution in [0.2, 0.25) is 0 Å². The van der Waals surface area contributed by atoms with Crippen LogP contribution < -0.4 is 10.6 Å². The van der Waals surface area contributed by atoms with Crippen molar-refractivity contribution in [3.8, 4) is 0 Å². The topological polar surface area (TPSA) is 72.1 Å². The number of hydrogen-bond acceptors (Lipinski definition) is 4. The number of amides is 1. The first-order chi connectivity index (χ1) is 12.0. The van der Waals surface area contributed by atoms with Crippen LogP contribution in [0, 0.1) is 12.8 Å². The molecule has 0 aliphatic carbocycles. The summed E-state index contributed by atoms with van der Waals surface area (Å²) < 4.78 is 0. The standard InChI is InChI=1S/C20H26N4O/c1-3-5-18-12-19(23-14(2)22-18)24-9-8-16(13-24)10-15-6-4-7-17(11-15)20(21)25/h4,6-7,11-12,16H,3,5,8-10,13H2,1-2H3,(H2,21,25)/t16-/m0/s1. The minimum absolute atomic E-state index is 0.366. The van der Waals surface area contributed by atoms with Crippen molar-refractivity contribution in [2.45, 2.75) is 39.5 Å². The summed E-state index contributed by atoms with van der Waals surface area (Å²) in [6.07, 6.45) is 4.18. The molecule has 0 spiro atoms. The van der Waals surface area contributed by atoms with Crippen molar-refractivity contribution >= 4 is 11.7 Å². The molecule has 3 rings (SSSR count). The van der Waals surface area contributed by atoms with Gasteiger partial charge in [-0.1, -0.05) is 25.5 Å². The first-order valence-corrected chi connectivity index (χ1v) is 9.03. The Bertz CT molecular complexity index is 759. The lowest BCUT2D eigenvalue weighted by molar-refractivity contribution is 0.1000. The Labute approximate surface area is 149 Å². The molecule has 0 bridgehead atoms. The number of rotatable bonds is 6. The Morgan fingerprint density at radius 1 is 1.32 bits per heavy atom. The number of nitrogens with two attached hydrogens (primary N) is 1. The SMILES string of the molecule is CCCc1cc(N2CC[C@@H](Cc3cccc(C(N)=O)c3)C2)nc(C)n1. The van der Waals surface area contributed by atoms with Gasteiger partial charge in [-0.15, -0.1) is 0 Å². The van der Waals surface area contributed by atoms with Gasteiger partial charge in [-0.2, -0.15) is 0 Å². The van der Waals surface area contributed by atoms with Crippen LogP contribution in [0.3, 0.4) is 0 Å². The Morgan fingerprint density at radius 3 is 2.92 bits per heavy atom. The molecule has 1 aromatic heterocycles. The van der Waals surface area contributed by atoms with E-state index in [4.69, 9.17) is 5.73 Å². The number of primary amides is 1. The average molecular weight is 338 g/mol. The van der Waals surface area contributed by atoms with E-state index in [1.165, 1.54) is 5.56 Å². The van der Waals surface area contributed by atoms with E-state index in [-0.39, 0.29) is 5.91 Å². The summed E-state index contributed by atoms with van der Waals surface area (Å²) in [6.45, 7) is 6.14. The molecule has 2 heterocycles. The highest BCUT2D eigenvalue weighted by Gasteiger charge is 2.24. The fraction of sp³-hybridized carbons (Fsp3) is 0.450. The van der Waals surface area contributed by atoms with Crippen molar-refractivity contribution in [2.24, 2.45) is 11.7 Å². The van der Waals surface area contributed by atoms with Crippen LogP contribution in [0.1, 0.15) is 47.2 Å². The molecule has 2 N–H and O–H groups in total. The lowest BCUT2D eigenvalue weighted by Gasteiger charge is -2.19. The highest BCUT2D eigenvalue weighted by atomic mass is 16.1. The zero-order valence-electron chi connectivity index (χ0n) is 15.0. The van der Waals surface area contributed by atoms with E-state index in [0.29, 0.717) is 11.5 Å². The molecule has 5 heteroatoms. The van der Waals surface area contributed by atoms with Crippen LogP contribution in [0.15, 0.2) is 30.3 Å². The molecule has 25 heavy (non-hydrogen) atoms. The first-order valence-electron chi connectivity index (χ1n) is 9.03. The maximum Gasteiger partial charge on any atom is 0.248 e. The minimum Gasteiger partial charge on any atom is -0.366 e. The van der Waals surface area contributed by atoms with Gasteiger partial charge in [0.2, 0.25) is 5.91 Å². The summed E-state index contributed by atoms with van der Waals surface area (Å²) in [5.74, 6) is 2.09. The van der Waals surface area contributed by atoms with E-state index >= 15 is 0 Å². The lowest BCUT2D eigenvalue weighted by atomic mass is 9.97. The predicted octanol–water partition coefficient (Wildman–Crippen LogP) is 2.91. The minimum atomic E-state index is -0.366. The average Bonchev–Trinajstić information content (AvgIpc) is 3.03. The van der Waals surface area contributed by atoms with Gasteiger partial charge in [0.1, 0.15) is 11.6 Å². The van der Waals surface area contributed by atoms with Crippen LogP contribution in [0.25, 0.3) is 0 Å². The molecule has 0 radical (unpaired) electrons. The molecule has 5 nitrogen and oxygen atoms in total. The van der Waals surface area contributed by atoms with Crippen molar-refractivity contribution in [3.63, 3.8) is 0 Å². The molecule has 1 fully saturated rings. The third-order valence-corrected chi connectivity index (χ3v) is 4.73. The van der Waals surface area contributed by atoms with Crippen molar-refractivity contribution in [2.75, 3.05) is 18.0 Å². The predicted molar refractivity (Wildman–Crippen MR) is 99.7 cm³/mol. The number of hydrogen-bond donors (Lipinski definition) is 1. The zero-order valence-corrected chi connectivity index (χ0v) is 15.0. The molecule has 0 saturated carbocycles. The van der Waals surface area contributed by atoms with Crippen LogP contribution in [0.5, 0.6) is 0 Å². The summed E-state index contributed by atoms with van der Waals surface area (Å²) in [5.41, 5.74) is 8.27. The maximum absolute atomic E-state index is 11.3. The summed E-state index contributed by atoms with van der Waals surface area (Å²) in [4.78, 5) is 22.9. The van der Waals surface area contributed by atoms with Crippen molar-refractivity contribution < 1.29 is 4.79 Å². The molecule has 1 saturated heterocycles. The number of carbonyl (C=O) groups excluding carboxylic acids is 1. The second kappa shape index (κ2) is 7.64. The highest BCUT2D eigenvalue weighted by Crippen LogP contribution is 2.26. The summed E-state index contributed by atoms with van der Waals surface area (Å²) in [7, 11) is 0. The van der Waals surface area contributed by atoms with Gasteiger partial charge in [-0.05, 0) is 49.8 Å². The molecule has 0 unspecified atom stereocenters. The van der Waals surface area contributed by atoms with Crippen LogP contribution >= 0.6 is 0 Å². The number of aryl methyl sites for hydroxylation is 2. The third kappa shape index (κ3) is 4.35. The molecular weight excluding hydrogens is 312 g/mol. The smallest absolute Gasteiger partial charge is 0.248 e. The quantitative estimate of drug-likeness (QED) is 0.879. The Morgan fingerprint density at radius 2 is 2.16 bits per heavy atom. The molecule has 1 aromatic carbocycles. The van der Waals surface area contributed by atoms with E-state index in [2.05, 4.69) is 33.9 Å². The second-order valence-corrected chi connectivity index (χ2v) is 6.88. The molecular formula is C20H26N4O. The summed E-state index contributed by atoms with van der Waals surface area (Å²) in [5, 5.41) is 0. The van der Waals surface area contributed by atoms with Gasteiger partial charge < -0.3 is 10.6 Å². The molecule has 132 valence electrons. The molecule has 1 aliphatic heterocycles. The monoisotopic (exact) mass is 338 g/mol. The van der Waals surface area contributed by atoms with Crippen molar-refractivity contribution in [1.29, 1.82) is 0 Å². The number of aromatic nitrogens is 2. The largest absolute Gasteiger partial charge is 0.366 e. The first kappa shape index (κ1) is 17.4. The van der Waals surface area contributed by atoms with E-state index in [9.17, 15) is 4.79 Å². The van der Waals surface area contributed by atoms with E-state index in [1.807, 2.05) is 19.1 Å². The normalized spacial score (nSPS) is 17.0. The van der Waals surface area contributed by atoms with Gasteiger partial charge in [0.15, 0.2) is 0 Å². The van der Waals surface area contributed by atoms with Gasteiger partial charge in [0.25, 0.3) is 0 Å². The molecule has 1 aliphatic rings. The van der Waals surface area contributed by atoms with Gasteiger partial charge >= 0.3 is 0 Å². The van der Waals surface area contributed by atoms with Crippen LogP contribution in [-0.2, 0) is 12.8 Å². The Balaban J connectivity index is 1.68.